The Bertz CT molecular complexity index is 1750. The second-order valence-corrected chi connectivity index (χ2v) is 11.9. The molecule has 2 unspecified atom stereocenters. The summed E-state index contributed by atoms with van der Waals surface area (Å²) in [5.41, 5.74) is 4.70. The molecule has 2 atom stereocenters. The van der Waals surface area contributed by atoms with Crippen molar-refractivity contribution in [3.05, 3.63) is 107 Å². The SMILES string of the molecule is Cc1nc2ccccc2nc1N1CCN(c2ccc(OCC3COC(Cn4ccnc4)(c4ccc(Cl)cc4Cl)O3)cc2)CC1. The number of nitrogens with zero attached hydrogens (tertiary/aromatic N) is 6. The molecule has 226 valence electrons. The highest BCUT2D eigenvalue weighted by Crippen LogP contribution is 2.40. The van der Waals surface area contributed by atoms with E-state index in [4.69, 9.17) is 47.4 Å². The Morgan fingerprint density at radius 2 is 1.68 bits per heavy atom. The maximum Gasteiger partial charge on any atom is 0.215 e. The van der Waals surface area contributed by atoms with Crippen molar-refractivity contribution in [2.45, 2.75) is 25.4 Å². The van der Waals surface area contributed by atoms with Crippen LogP contribution in [0.1, 0.15) is 11.3 Å². The van der Waals surface area contributed by atoms with Gasteiger partial charge in [0, 0.05) is 54.8 Å². The number of hydrogen-bond acceptors (Lipinski definition) is 8. The van der Waals surface area contributed by atoms with E-state index in [-0.39, 0.29) is 6.10 Å². The molecule has 5 aromatic rings. The molecule has 7 rings (SSSR count). The van der Waals surface area contributed by atoms with Gasteiger partial charge in [-0.3, -0.25) is 0 Å². The number of anilines is 2. The van der Waals surface area contributed by atoms with Crippen LogP contribution < -0.4 is 14.5 Å². The molecule has 0 spiro atoms. The molecule has 2 aliphatic rings. The molecule has 2 aromatic heterocycles. The van der Waals surface area contributed by atoms with E-state index in [1.165, 1.54) is 0 Å². The second-order valence-electron chi connectivity index (χ2n) is 11.1. The lowest BCUT2D eigenvalue weighted by atomic mass is 10.1. The fourth-order valence-electron chi connectivity index (χ4n) is 5.87. The van der Waals surface area contributed by atoms with E-state index >= 15 is 0 Å². The molecular formula is C33H32Cl2N6O3. The molecule has 2 aliphatic heterocycles. The van der Waals surface area contributed by atoms with Crippen molar-refractivity contribution in [2.24, 2.45) is 0 Å². The minimum atomic E-state index is -1.08. The van der Waals surface area contributed by atoms with Crippen molar-refractivity contribution in [1.82, 2.24) is 19.5 Å². The first-order valence-corrected chi connectivity index (χ1v) is 15.4. The Morgan fingerprint density at radius 3 is 2.41 bits per heavy atom. The maximum atomic E-state index is 6.59. The zero-order chi connectivity index (χ0) is 30.1. The van der Waals surface area contributed by atoms with Crippen LogP contribution in [0.4, 0.5) is 11.5 Å². The van der Waals surface area contributed by atoms with Crippen LogP contribution in [0.2, 0.25) is 10.0 Å². The number of hydrogen-bond donors (Lipinski definition) is 0. The van der Waals surface area contributed by atoms with E-state index in [0.29, 0.717) is 35.4 Å². The molecule has 0 N–H and O–H groups in total. The highest BCUT2D eigenvalue weighted by Gasteiger charge is 2.45. The van der Waals surface area contributed by atoms with Gasteiger partial charge in [-0.1, -0.05) is 41.4 Å². The lowest BCUT2D eigenvalue weighted by Crippen LogP contribution is -2.47. The predicted molar refractivity (Wildman–Crippen MR) is 172 cm³/mol. The molecular weight excluding hydrogens is 599 g/mol. The molecule has 11 heteroatoms. The van der Waals surface area contributed by atoms with E-state index in [2.05, 4.69) is 26.9 Å². The number of ether oxygens (including phenoxy) is 3. The molecule has 0 radical (unpaired) electrons. The van der Waals surface area contributed by atoms with Crippen LogP contribution in [0.5, 0.6) is 5.75 Å². The zero-order valence-electron chi connectivity index (χ0n) is 24.3. The van der Waals surface area contributed by atoms with Crippen LogP contribution in [-0.2, 0) is 21.8 Å². The van der Waals surface area contributed by atoms with Crippen molar-refractivity contribution < 1.29 is 14.2 Å². The van der Waals surface area contributed by atoms with Gasteiger partial charge in [-0.05, 0) is 55.5 Å². The molecule has 4 heterocycles. The van der Waals surface area contributed by atoms with E-state index in [9.17, 15) is 0 Å². The third kappa shape index (κ3) is 5.93. The smallest absolute Gasteiger partial charge is 0.215 e. The minimum absolute atomic E-state index is 0.292. The van der Waals surface area contributed by atoms with E-state index < -0.39 is 5.79 Å². The fraction of sp³-hybridized carbons (Fsp3) is 0.303. The van der Waals surface area contributed by atoms with E-state index in [1.807, 2.05) is 60.2 Å². The van der Waals surface area contributed by atoms with Crippen LogP contribution in [0, 0.1) is 6.92 Å². The molecule has 2 fully saturated rings. The topological polar surface area (TPSA) is 77.8 Å². The predicted octanol–water partition coefficient (Wildman–Crippen LogP) is 6.12. The van der Waals surface area contributed by atoms with Gasteiger partial charge in [0.15, 0.2) is 5.82 Å². The maximum absolute atomic E-state index is 6.59. The largest absolute Gasteiger partial charge is 0.491 e. The summed E-state index contributed by atoms with van der Waals surface area (Å²) in [4.78, 5) is 18.5. The van der Waals surface area contributed by atoms with Crippen molar-refractivity contribution >= 4 is 45.7 Å². The highest BCUT2D eigenvalue weighted by atomic mass is 35.5. The Morgan fingerprint density at radius 1 is 0.932 bits per heavy atom. The number of piperazine rings is 1. The van der Waals surface area contributed by atoms with E-state index in [0.717, 1.165) is 60.2 Å². The van der Waals surface area contributed by atoms with Gasteiger partial charge in [0.2, 0.25) is 5.79 Å². The number of para-hydroxylation sites is 2. The number of aryl methyl sites for hydroxylation is 1. The second kappa shape index (κ2) is 12.2. The molecule has 44 heavy (non-hydrogen) atoms. The first-order chi connectivity index (χ1) is 21.5. The third-order valence-electron chi connectivity index (χ3n) is 8.09. The van der Waals surface area contributed by atoms with Gasteiger partial charge >= 0.3 is 0 Å². The molecule has 9 nitrogen and oxygen atoms in total. The van der Waals surface area contributed by atoms with Crippen LogP contribution in [0.25, 0.3) is 11.0 Å². The summed E-state index contributed by atoms with van der Waals surface area (Å²) in [6, 6.07) is 21.6. The first-order valence-electron chi connectivity index (χ1n) is 14.6. The quantitative estimate of drug-likeness (QED) is 0.203. The number of imidazole rings is 1. The van der Waals surface area contributed by atoms with Crippen LogP contribution >= 0.6 is 23.2 Å². The average molecular weight is 632 g/mol. The number of benzene rings is 3. The normalized spacial score (nSPS) is 20.4. The van der Waals surface area contributed by atoms with Gasteiger partial charge in [0.25, 0.3) is 0 Å². The van der Waals surface area contributed by atoms with Crippen LogP contribution in [0.3, 0.4) is 0 Å². The summed E-state index contributed by atoms with van der Waals surface area (Å²) in [5.74, 6) is 0.659. The molecule has 0 bridgehead atoms. The lowest BCUT2D eigenvalue weighted by Gasteiger charge is -2.37. The average Bonchev–Trinajstić information content (AvgIpc) is 3.71. The summed E-state index contributed by atoms with van der Waals surface area (Å²) < 4.78 is 20.8. The summed E-state index contributed by atoms with van der Waals surface area (Å²) in [6.07, 6.45) is 5.01. The number of halogens is 2. The standard InChI is InChI=1S/C33H32Cl2N6O3/c1-23-32(38-31-5-3-2-4-30(31)37-23)41-16-14-40(15-17-41)25-7-9-26(10-8-25)42-19-27-20-43-33(44-27,21-39-13-12-36-22-39)28-11-6-24(34)18-29(28)35/h2-13,18,22,27H,14-17,19-21H2,1H3. The zero-order valence-corrected chi connectivity index (χ0v) is 25.8. The van der Waals surface area contributed by atoms with Gasteiger partial charge in [0.1, 0.15) is 18.5 Å². The number of fused-ring (bicyclic) bond motifs is 1. The summed E-state index contributed by atoms with van der Waals surface area (Å²) >= 11 is 12.8. The fourth-order valence-corrected chi connectivity index (χ4v) is 6.43. The van der Waals surface area contributed by atoms with E-state index in [1.54, 1.807) is 24.7 Å². The Labute approximate surface area is 265 Å². The number of aromatic nitrogens is 4. The Balaban J connectivity index is 0.963. The summed E-state index contributed by atoms with van der Waals surface area (Å²) in [5, 5.41) is 1.03. The van der Waals surface area contributed by atoms with Gasteiger partial charge in [-0.15, -0.1) is 0 Å². The van der Waals surface area contributed by atoms with Crippen LogP contribution in [-0.4, -0.2) is 65.0 Å². The molecule has 0 amide bonds. The molecule has 2 saturated heterocycles. The lowest BCUT2D eigenvalue weighted by molar-refractivity contribution is -0.189. The monoisotopic (exact) mass is 630 g/mol. The Hall–Kier alpha value is -3.89. The third-order valence-corrected chi connectivity index (χ3v) is 8.64. The first kappa shape index (κ1) is 28.9. The minimum Gasteiger partial charge on any atom is -0.491 e. The molecule has 3 aromatic carbocycles. The van der Waals surface area contributed by atoms with Crippen molar-refractivity contribution in [3.63, 3.8) is 0 Å². The van der Waals surface area contributed by atoms with Gasteiger partial charge in [0.05, 0.1) is 41.2 Å². The Kier molecular flexibility index (Phi) is 8.03. The van der Waals surface area contributed by atoms with Crippen molar-refractivity contribution in [3.8, 4) is 5.75 Å². The molecule has 0 saturated carbocycles. The van der Waals surface area contributed by atoms with Gasteiger partial charge < -0.3 is 28.6 Å². The van der Waals surface area contributed by atoms with Crippen molar-refractivity contribution in [2.75, 3.05) is 49.2 Å². The highest BCUT2D eigenvalue weighted by molar-refractivity contribution is 6.35. The van der Waals surface area contributed by atoms with Gasteiger partial charge in [-0.2, -0.15) is 0 Å². The summed E-state index contributed by atoms with van der Waals surface area (Å²) in [7, 11) is 0. The van der Waals surface area contributed by atoms with Crippen molar-refractivity contribution in [1.29, 1.82) is 0 Å². The van der Waals surface area contributed by atoms with Crippen LogP contribution in [0.15, 0.2) is 85.5 Å². The van der Waals surface area contributed by atoms with Gasteiger partial charge in [-0.25, -0.2) is 15.0 Å². The summed E-state index contributed by atoms with van der Waals surface area (Å²) in [6.45, 7) is 6.67. The molecule has 0 aliphatic carbocycles. The number of rotatable bonds is 8.